The second-order valence-corrected chi connectivity index (χ2v) is 5.17. The Morgan fingerprint density at radius 3 is 2.95 bits per heavy atom. The summed E-state index contributed by atoms with van der Waals surface area (Å²) in [6, 6.07) is 4.04. The van der Waals surface area contributed by atoms with E-state index in [1.54, 1.807) is 12.5 Å². The fourth-order valence-electron chi connectivity index (χ4n) is 2.02. The van der Waals surface area contributed by atoms with Crippen molar-refractivity contribution in [2.75, 3.05) is 7.05 Å². The lowest BCUT2D eigenvalue weighted by Crippen LogP contribution is -2.22. The SMILES string of the molecule is CCCn1ncnc1CC(NC)c1ncccc1Br. The summed E-state index contributed by atoms with van der Waals surface area (Å²) in [6.45, 7) is 3.03. The highest BCUT2D eigenvalue weighted by atomic mass is 79.9. The van der Waals surface area contributed by atoms with Crippen LogP contribution in [0.25, 0.3) is 0 Å². The van der Waals surface area contributed by atoms with Crippen LogP contribution in [0.4, 0.5) is 0 Å². The van der Waals surface area contributed by atoms with E-state index in [2.05, 4.69) is 43.2 Å². The Morgan fingerprint density at radius 2 is 2.26 bits per heavy atom. The van der Waals surface area contributed by atoms with Gasteiger partial charge in [0, 0.05) is 23.6 Å². The number of halogens is 1. The van der Waals surface area contributed by atoms with Crippen LogP contribution in [0, 0.1) is 0 Å². The van der Waals surface area contributed by atoms with Gasteiger partial charge in [-0.25, -0.2) is 4.98 Å². The number of hydrogen-bond acceptors (Lipinski definition) is 4. The molecule has 1 N–H and O–H groups in total. The van der Waals surface area contributed by atoms with Crippen LogP contribution in [0.15, 0.2) is 29.1 Å². The predicted molar refractivity (Wildman–Crippen MR) is 77.8 cm³/mol. The maximum Gasteiger partial charge on any atom is 0.138 e. The molecule has 0 aromatic carbocycles. The van der Waals surface area contributed by atoms with Crippen LogP contribution in [0.2, 0.25) is 0 Å². The molecule has 0 amide bonds. The molecular formula is C13H18BrN5. The van der Waals surface area contributed by atoms with Gasteiger partial charge in [-0.3, -0.25) is 9.67 Å². The summed E-state index contributed by atoms with van der Waals surface area (Å²) in [7, 11) is 1.94. The quantitative estimate of drug-likeness (QED) is 0.886. The molecule has 1 unspecified atom stereocenters. The number of pyridine rings is 1. The van der Waals surface area contributed by atoms with E-state index < -0.39 is 0 Å². The first-order chi connectivity index (χ1) is 9.26. The van der Waals surface area contributed by atoms with Crippen LogP contribution in [0.1, 0.15) is 30.9 Å². The van der Waals surface area contributed by atoms with Crippen molar-refractivity contribution in [1.82, 2.24) is 25.1 Å². The molecule has 2 heterocycles. The first-order valence-electron chi connectivity index (χ1n) is 6.40. The Morgan fingerprint density at radius 1 is 1.42 bits per heavy atom. The Balaban J connectivity index is 2.19. The number of aromatic nitrogens is 4. The van der Waals surface area contributed by atoms with Crippen molar-refractivity contribution in [2.24, 2.45) is 0 Å². The van der Waals surface area contributed by atoms with Gasteiger partial charge in [-0.2, -0.15) is 5.10 Å². The van der Waals surface area contributed by atoms with Crippen LogP contribution in [0.3, 0.4) is 0 Å². The monoisotopic (exact) mass is 323 g/mol. The van der Waals surface area contributed by atoms with Crippen LogP contribution in [-0.2, 0) is 13.0 Å². The van der Waals surface area contributed by atoms with Gasteiger partial charge in [0.2, 0.25) is 0 Å². The van der Waals surface area contributed by atoms with Crippen LogP contribution < -0.4 is 5.32 Å². The van der Waals surface area contributed by atoms with Crippen molar-refractivity contribution in [3.05, 3.63) is 40.6 Å². The summed E-state index contributed by atoms with van der Waals surface area (Å²) in [5.74, 6) is 0.985. The molecule has 0 saturated carbocycles. The van der Waals surface area contributed by atoms with Crippen molar-refractivity contribution in [3.8, 4) is 0 Å². The second-order valence-electron chi connectivity index (χ2n) is 4.32. The Labute approximate surface area is 121 Å². The molecule has 2 aromatic heterocycles. The molecule has 0 fully saturated rings. The van der Waals surface area contributed by atoms with Gasteiger partial charge in [-0.1, -0.05) is 6.92 Å². The van der Waals surface area contributed by atoms with Gasteiger partial charge in [0.1, 0.15) is 12.2 Å². The summed E-state index contributed by atoms with van der Waals surface area (Å²) < 4.78 is 2.97. The van der Waals surface area contributed by atoms with Gasteiger partial charge in [0.05, 0.1) is 11.7 Å². The Kier molecular flexibility index (Phi) is 5.04. The zero-order valence-corrected chi connectivity index (χ0v) is 12.8. The second kappa shape index (κ2) is 6.77. The fraction of sp³-hybridized carbons (Fsp3) is 0.462. The van der Waals surface area contributed by atoms with Gasteiger partial charge >= 0.3 is 0 Å². The number of rotatable bonds is 6. The highest BCUT2D eigenvalue weighted by Gasteiger charge is 2.17. The zero-order chi connectivity index (χ0) is 13.7. The molecule has 5 nitrogen and oxygen atoms in total. The molecule has 0 radical (unpaired) electrons. The van der Waals surface area contributed by atoms with Gasteiger partial charge in [-0.05, 0) is 41.5 Å². The van der Waals surface area contributed by atoms with Crippen LogP contribution >= 0.6 is 15.9 Å². The van der Waals surface area contributed by atoms with E-state index in [1.165, 1.54) is 0 Å². The largest absolute Gasteiger partial charge is 0.311 e. The van der Waals surface area contributed by atoms with E-state index in [9.17, 15) is 0 Å². The van der Waals surface area contributed by atoms with Crippen molar-refractivity contribution in [3.63, 3.8) is 0 Å². The van der Waals surface area contributed by atoms with E-state index in [0.717, 1.165) is 35.4 Å². The molecule has 0 bridgehead atoms. The third-order valence-corrected chi connectivity index (χ3v) is 3.65. The highest BCUT2D eigenvalue weighted by molar-refractivity contribution is 9.10. The van der Waals surface area contributed by atoms with Crippen molar-refractivity contribution < 1.29 is 0 Å². The van der Waals surface area contributed by atoms with E-state index >= 15 is 0 Å². The molecule has 0 saturated heterocycles. The van der Waals surface area contributed by atoms with Crippen molar-refractivity contribution in [2.45, 2.75) is 32.4 Å². The maximum atomic E-state index is 4.44. The van der Waals surface area contributed by atoms with Crippen molar-refractivity contribution in [1.29, 1.82) is 0 Å². The van der Waals surface area contributed by atoms with Crippen LogP contribution in [-0.4, -0.2) is 26.8 Å². The maximum absolute atomic E-state index is 4.44. The average Bonchev–Trinajstić information content (AvgIpc) is 2.85. The van der Waals surface area contributed by atoms with Gasteiger partial charge in [0.15, 0.2) is 0 Å². The molecule has 0 aliphatic rings. The summed E-state index contributed by atoms with van der Waals surface area (Å²) in [5.41, 5.74) is 0.996. The molecule has 0 aliphatic heterocycles. The van der Waals surface area contributed by atoms with Crippen molar-refractivity contribution >= 4 is 15.9 Å². The first kappa shape index (κ1) is 14.1. The molecule has 1 atom stereocenters. The first-order valence-corrected chi connectivity index (χ1v) is 7.20. The van der Waals surface area contributed by atoms with E-state index in [-0.39, 0.29) is 6.04 Å². The van der Waals surface area contributed by atoms with E-state index in [4.69, 9.17) is 0 Å². The topological polar surface area (TPSA) is 55.6 Å². The predicted octanol–water partition coefficient (Wildman–Crippen LogP) is 2.35. The highest BCUT2D eigenvalue weighted by Crippen LogP contribution is 2.23. The minimum atomic E-state index is 0.121. The lowest BCUT2D eigenvalue weighted by atomic mass is 10.1. The molecular weight excluding hydrogens is 306 g/mol. The molecule has 6 heteroatoms. The minimum absolute atomic E-state index is 0.121. The standard InChI is InChI=1S/C13H18BrN5/c1-3-7-19-12(17-9-18-19)8-11(15-2)13-10(14)5-4-6-16-13/h4-6,9,11,15H,3,7-8H2,1-2H3. The molecule has 2 rings (SSSR count). The Bertz CT molecular complexity index is 525. The number of hydrogen-bond donors (Lipinski definition) is 1. The zero-order valence-electron chi connectivity index (χ0n) is 11.2. The molecule has 2 aromatic rings. The summed E-state index contributed by atoms with van der Waals surface area (Å²) in [5, 5.41) is 7.55. The third-order valence-electron chi connectivity index (χ3n) is 2.98. The smallest absolute Gasteiger partial charge is 0.138 e. The number of nitrogens with one attached hydrogen (secondary N) is 1. The third kappa shape index (κ3) is 3.39. The number of likely N-dealkylation sites (N-methyl/N-ethyl adjacent to an activating group) is 1. The molecule has 19 heavy (non-hydrogen) atoms. The number of nitrogens with zero attached hydrogens (tertiary/aromatic N) is 4. The molecule has 0 spiro atoms. The lowest BCUT2D eigenvalue weighted by Gasteiger charge is -2.16. The normalized spacial score (nSPS) is 12.6. The lowest BCUT2D eigenvalue weighted by molar-refractivity contribution is 0.509. The van der Waals surface area contributed by atoms with E-state index in [1.807, 2.05) is 23.9 Å². The minimum Gasteiger partial charge on any atom is -0.311 e. The van der Waals surface area contributed by atoms with Crippen LogP contribution in [0.5, 0.6) is 0 Å². The average molecular weight is 324 g/mol. The summed E-state index contributed by atoms with van der Waals surface area (Å²) >= 11 is 3.55. The number of aryl methyl sites for hydroxylation is 1. The summed E-state index contributed by atoms with van der Waals surface area (Å²) in [6.07, 6.45) is 5.24. The van der Waals surface area contributed by atoms with Gasteiger partial charge in [-0.15, -0.1) is 0 Å². The van der Waals surface area contributed by atoms with Gasteiger partial charge < -0.3 is 5.32 Å². The Hall–Kier alpha value is -1.27. The summed E-state index contributed by atoms with van der Waals surface area (Å²) in [4.78, 5) is 8.79. The molecule has 0 aliphatic carbocycles. The van der Waals surface area contributed by atoms with Gasteiger partial charge in [0.25, 0.3) is 0 Å². The van der Waals surface area contributed by atoms with E-state index in [0.29, 0.717) is 0 Å². The fourth-order valence-corrected chi connectivity index (χ4v) is 2.55. The molecule has 102 valence electrons.